The topological polar surface area (TPSA) is 69.6 Å². The third-order valence-corrected chi connectivity index (χ3v) is 1.84. The van der Waals surface area contributed by atoms with Crippen molar-refractivity contribution in [3.63, 3.8) is 0 Å². The second-order valence-corrected chi connectivity index (χ2v) is 3.01. The molecule has 1 atom stereocenters. The molecule has 0 radical (unpaired) electrons. The largest absolute Gasteiger partial charge is 0.393 e. The van der Waals surface area contributed by atoms with Crippen LogP contribution in [0.3, 0.4) is 0 Å². The molecule has 4 heteroatoms. The van der Waals surface area contributed by atoms with Crippen LogP contribution in [-0.4, -0.2) is 34.4 Å². The van der Waals surface area contributed by atoms with Crippen molar-refractivity contribution in [3.05, 3.63) is 0 Å². The van der Waals surface area contributed by atoms with E-state index in [9.17, 15) is 4.79 Å². The summed E-state index contributed by atoms with van der Waals surface area (Å²) in [6, 6.07) is 0.0621. The summed E-state index contributed by atoms with van der Waals surface area (Å²) in [7, 11) is 0. The van der Waals surface area contributed by atoms with E-state index in [1.807, 2.05) is 0 Å². The van der Waals surface area contributed by atoms with Gasteiger partial charge in [0.25, 0.3) is 0 Å². The van der Waals surface area contributed by atoms with E-state index in [-0.39, 0.29) is 18.1 Å². The molecule has 0 aromatic carbocycles. The van der Waals surface area contributed by atoms with Crippen LogP contribution >= 0.6 is 0 Å². The molecule has 1 unspecified atom stereocenters. The van der Waals surface area contributed by atoms with Crippen molar-refractivity contribution >= 4 is 5.91 Å². The third-order valence-electron chi connectivity index (χ3n) is 1.84. The van der Waals surface area contributed by atoms with Crippen molar-refractivity contribution in [2.24, 2.45) is 0 Å². The molecule has 1 rings (SSSR count). The monoisotopic (exact) mass is 159 g/mol. The van der Waals surface area contributed by atoms with E-state index in [1.54, 1.807) is 0 Å². The van der Waals surface area contributed by atoms with Crippen LogP contribution in [-0.2, 0) is 4.79 Å². The van der Waals surface area contributed by atoms with Gasteiger partial charge in [-0.3, -0.25) is 4.79 Å². The zero-order chi connectivity index (χ0) is 8.43. The Hall–Kier alpha value is -0.610. The molecular weight excluding hydrogens is 146 g/mol. The second kappa shape index (κ2) is 3.19. The molecule has 0 aliphatic heterocycles. The maximum Gasteiger partial charge on any atom is 0.248 e. The van der Waals surface area contributed by atoms with Gasteiger partial charge in [-0.1, -0.05) is 0 Å². The van der Waals surface area contributed by atoms with Crippen LogP contribution in [0.1, 0.15) is 19.8 Å². The van der Waals surface area contributed by atoms with Crippen LogP contribution in [0.2, 0.25) is 0 Å². The van der Waals surface area contributed by atoms with Crippen LogP contribution in [0.15, 0.2) is 0 Å². The standard InChI is InChI=1S/C7H13NO3/c1-4(9)7(11)8-5-2-6(10)3-5/h4-6,9-10H,2-3H2,1H3,(H,8,11). The molecule has 1 saturated carbocycles. The van der Waals surface area contributed by atoms with Gasteiger partial charge in [0.05, 0.1) is 6.10 Å². The van der Waals surface area contributed by atoms with Gasteiger partial charge in [0, 0.05) is 6.04 Å². The van der Waals surface area contributed by atoms with Gasteiger partial charge in [0.1, 0.15) is 6.10 Å². The van der Waals surface area contributed by atoms with Crippen LogP contribution < -0.4 is 5.32 Å². The van der Waals surface area contributed by atoms with Crippen molar-refractivity contribution < 1.29 is 15.0 Å². The summed E-state index contributed by atoms with van der Waals surface area (Å²) in [5.41, 5.74) is 0. The Labute approximate surface area is 65.2 Å². The number of amides is 1. The average molecular weight is 159 g/mol. The molecule has 0 aromatic rings. The second-order valence-electron chi connectivity index (χ2n) is 3.01. The highest BCUT2D eigenvalue weighted by molar-refractivity contribution is 5.80. The van der Waals surface area contributed by atoms with Gasteiger partial charge >= 0.3 is 0 Å². The summed E-state index contributed by atoms with van der Waals surface area (Å²) in [6.45, 7) is 1.42. The first-order valence-electron chi connectivity index (χ1n) is 3.76. The van der Waals surface area contributed by atoms with Crippen LogP contribution in [0.4, 0.5) is 0 Å². The minimum Gasteiger partial charge on any atom is -0.393 e. The summed E-state index contributed by atoms with van der Waals surface area (Å²) in [5.74, 6) is -0.359. The van der Waals surface area contributed by atoms with E-state index in [2.05, 4.69) is 5.32 Å². The maximum absolute atomic E-state index is 10.8. The molecular formula is C7H13NO3. The molecule has 64 valence electrons. The molecule has 0 saturated heterocycles. The van der Waals surface area contributed by atoms with Crippen LogP contribution in [0, 0.1) is 0 Å². The molecule has 1 amide bonds. The van der Waals surface area contributed by atoms with E-state index in [0.717, 1.165) is 0 Å². The molecule has 0 heterocycles. The zero-order valence-electron chi connectivity index (χ0n) is 6.45. The number of rotatable bonds is 2. The van der Waals surface area contributed by atoms with E-state index >= 15 is 0 Å². The summed E-state index contributed by atoms with van der Waals surface area (Å²) in [5, 5.41) is 20.2. The first kappa shape index (κ1) is 8.49. The maximum atomic E-state index is 10.8. The highest BCUT2D eigenvalue weighted by Crippen LogP contribution is 2.19. The normalized spacial score (nSPS) is 32.3. The minimum atomic E-state index is -0.951. The lowest BCUT2D eigenvalue weighted by molar-refractivity contribution is -0.130. The van der Waals surface area contributed by atoms with Gasteiger partial charge in [0.2, 0.25) is 5.91 Å². The van der Waals surface area contributed by atoms with Gasteiger partial charge in [-0.25, -0.2) is 0 Å². The summed E-state index contributed by atoms with van der Waals surface area (Å²) >= 11 is 0. The lowest BCUT2D eigenvalue weighted by Gasteiger charge is -2.32. The van der Waals surface area contributed by atoms with Gasteiger partial charge in [-0.2, -0.15) is 0 Å². The van der Waals surface area contributed by atoms with E-state index in [0.29, 0.717) is 12.8 Å². The van der Waals surface area contributed by atoms with Crippen molar-refractivity contribution in [1.82, 2.24) is 5.32 Å². The molecule has 1 aliphatic rings. The Kier molecular flexibility index (Phi) is 2.46. The summed E-state index contributed by atoms with van der Waals surface area (Å²) in [6.07, 6.45) is -0.00116. The fraction of sp³-hybridized carbons (Fsp3) is 0.857. The Bertz CT molecular complexity index is 152. The van der Waals surface area contributed by atoms with E-state index in [4.69, 9.17) is 10.2 Å². The molecule has 3 N–H and O–H groups in total. The number of nitrogens with one attached hydrogen (secondary N) is 1. The Morgan fingerprint density at radius 1 is 1.64 bits per heavy atom. The molecule has 0 spiro atoms. The fourth-order valence-corrected chi connectivity index (χ4v) is 1.03. The van der Waals surface area contributed by atoms with Gasteiger partial charge in [-0.15, -0.1) is 0 Å². The number of carbonyl (C=O) groups excluding carboxylic acids is 1. The van der Waals surface area contributed by atoms with Gasteiger partial charge in [-0.05, 0) is 19.8 Å². The number of hydrogen-bond donors (Lipinski definition) is 3. The van der Waals surface area contributed by atoms with Crippen molar-refractivity contribution in [2.45, 2.75) is 38.0 Å². The molecule has 1 aliphatic carbocycles. The molecule has 1 fully saturated rings. The summed E-state index contributed by atoms with van der Waals surface area (Å²) in [4.78, 5) is 10.8. The molecule has 0 aromatic heterocycles. The number of aliphatic hydroxyl groups excluding tert-OH is 2. The number of carbonyl (C=O) groups is 1. The lowest BCUT2D eigenvalue weighted by Crippen LogP contribution is -2.49. The third kappa shape index (κ3) is 2.17. The van der Waals surface area contributed by atoms with Crippen molar-refractivity contribution in [2.75, 3.05) is 0 Å². The Morgan fingerprint density at radius 2 is 2.18 bits per heavy atom. The first-order valence-corrected chi connectivity index (χ1v) is 3.76. The van der Waals surface area contributed by atoms with E-state index < -0.39 is 6.10 Å². The highest BCUT2D eigenvalue weighted by atomic mass is 16.3. The molecule has 0 bridgehead atoms. The average Bonchev–Trinajstić information content (AvgIpc) is 1.84. The summed E-state index contributed by atoms with van der Waals surface area (Å²) < 4.78 is 0. The minimum absolute atomic E-state index is 0.0621. The highest BCUT2D eigenvalue weighted by Gasteiger charge is 2.28. The molecule has 11 heavy (non-hydrogen) atoms. The van der Waals surface area contributed by atoms with Crippen LogP contribution in [0.25, 0.3) is 0 Å². The molecule has 4 nitrogen and oxygen atoms in total. The quantitative estimate of drug-likeness (QED) is 0.484. The Balaban J connectivity index is 2.17. The SMILES string of the molecule is CC(O)C(=O)NC1CC(O)C1. The number of aliphatic hydroxyl groups is 2. The van der Waals surface area contributed by atoms with Gasteiger partial charge in [0.15, 0.2) is 0 Å². The predicted molar refractivity (Wildman–Crippen MR) is 38.9 cm³/mol. The van der Waals surface area contributed by atoms with Crippen LogP contribution in [0.5, 0.6) is 0 Å². The Morgan fingerprint density at radius 3 is 2.55 bits per heavy atom. The van der Waals surface area contributed by atoms with Gasteiger partial charge < -0.3 is 15.5 Å². The van der Waals surface area contributed by atoms with E-state index in [1.165, 1.54) is 6.92 Å². The van der Waals surface area contributed by atoms with Crippen molar-refractivity contribution in [1.29, 1.82) is 0 Å². The fourth-order valence-electron chi connectivity index (χ4n) is 1.03. The first-order chi connectivity index (χ1) is 5.09. The zero-order valence-corrected chi connectivity index (χ0v) is 6.45. The lowest BCUT2D eigenvalue weighted by atomic mass is 9.89. The number of hydrogen-bond acceptors (Lipinski definition) is 3. The van der Waals surface area contributed by atoms with Crippen molar-refractivity contribution in [3.8, 4) is 0 Å². The smallest absolute Gasteiger partial charge is 0.248 e. The predicted octanol–water partition coefficient (Wildman–Crippen LogP) is -0.993.